The number of hydrogen-bond donors (Lipinski definition) is 10. The van der Waals surface area contributed by atoms with Gasteiger partial charge in [-0.05, 0) is 56.4 Å². The first-order chi connectivity index (χ1) is 35.5. The lowest BCUT2D eigenvalue weighted by Crippen LogP contribution is -2.51. The smallest absolute Gasteiger partial charge is 0.326 e. The topological polar surface area (TPSA) is 432 Å². The Morgan fingerprint density at radius 3 is 1.92 bits per heavy atom. The third kappa shape index (κ3) is 21.8. The highest BCUT2D eigenvalue weighted by atomic mass is 16.5. The van der Waals surface area contributed by atoms with Crippen LogP contribution < -0.4 is 38.1 Å². The number of rotatable bonds is 34. The molecule has 2 aromatic heterocycles. The van der Waals surface area contributed by atoms with Gasteiger partial charge in [0.05, 0.1) is 63.4 Å². The molecule has 0 fully saturated rings. The maximum Gasteiger partial charge on any atom is 0.326 e. The van der Waals surface area contributed by atoms with Crippen molar-refractivity contribution in [3.8, 4) is 0 Å². The van der Waals surface area contributed by atoms with Crippen molar-refractivity contribution in [1.29, 1.82) is 0 Å². The van der Waals surface area contributed by atoms with E-state index >= 15 is 0 Å². The number of carbonyl (C=O) groups excluding carboxylic acids is 8. The van der Waals surface area contributed by atoms with Crippen LogP contribution in [0.4, 0.5) is 17.5 Å². The maximum atomic E-state index is 13.6. The zero-order valence-electron chi connectivity index (χ0n) is 42.3. The highest BCUT2D eigenvalue weighted by molar-refractivity contribution is 5.97. The lowest BCUT2D eigenvalue weighted by atomic mass is 9.93. The SMILES string of the molecule is CC(=O)N(O)CC[C@H](CC(=O)[C@H](CCN(O)C(C)=O)NC(=O)[C@@H](N)CCN(O)C(C)=O)C(=O)NCCOCCOCCCC(=O)CC[C@H](NC(=O)c1ccc(N(C)Cc2cnc3nc(N)nc(N)c3n2)cc1)C(=O)O. The van der Waals surface area contributed by atoms with Gasteiger partial charge >= 0.3 is 5.97 Å². The van der Waals surface area contributed by atoms with Crippen molar-refractivity contribution in [2.75, 3.05) is 76.0 Å². The number of amides is 6. The monoisotopic (exact) mass is 1060 g/mol. The Kier molecular flexibility index (Phi) is 25.7. The van der Waals surface area contributed by atoms with E-state index in [1.54, 1.807) is 19.2 Å². The molecule has 2 heterocycles. The Balaban J connectivity index is 1.39. The van der Waals surface area contributed by atoms with Crippen LogP contribution in [0.1, 0.15) is 88.2 Å². The van der Waals surface area contributed by atoms with Crippen molar-refractivity contribution in [2.45, 2.75) is 96.8 Å². The Hall–Kier alpha value is -7.57. The summed E-state index contributed by atoms with van der Waals surface area (Å²) in [5.41, 5.74) is 19.5. The van der Waals surface area contributed by atoms with Gasteiger partial charge in [0.1, 0.15) is 11.8 Å². The van der Waals surface area contributed by atoms with Crippen LogP contribution in [0.15, 0.2) is 30.5 Å². The number of nitrogen functional groups attached to an aromatic ring is 2. The van der Waals surface area contributed by atoms with Gasteiger partial charge in [0.15, 0.2) is 22.8 Å². The second-order valence-corrected chi connectivity index (χ2v) is 17.3. The van der Waals surface area contributed by atoms with E-state index < -0.39 is 84.2 Å². The van der Waals surface area contributed by atoms with E-state index in [2.05, 4.69) is 35.9 Å². The third-order valence-electron chi connectivity index (χ3n) is 11.4. The van der Waals surface area contributed by atoms with Gasteiger partial charge in [0.25, 0.3) is 5.91 Å². The number of nitrogens with zero attached hydrogens (tertiary/aromatic N) is 8. The number of hydrogen-bond acceptors (Lipinski definition) is 22. The normalized spacial score (nSPS) is 12.6. The van der Waals surface area contributed by atoms with Crippen molar-refractivity contribution in [1.82, 2.24) is 51.1 Å². The minimum absolute atomic E-state index is 0.00767. The summed E-state index contributed by atoms with van der Waals surface area (Å²) in [4.78, 5) is 130. The highest BCUT2D eigenvalue weighted by Gasteiger charge is 2.30. The van der Waals surface area contributed by atoms with E-state index in [-0.39, 0.29) is 113 Å². The average molecular weight is 1060 g/mol. The van der Waals surface area contributed by atoms with Gasteiger partial charge in [-0.2, -0.15) is 9.97 Å². The number of ether oxygens (including phenoxy) is 2. The van der Waals surface area contributed by atoms with Crippen LogP contribution in [-0.4, -0.2) is 187 Å². The highest BCUT2D eigenvalue weighted by Crippen LogP contribution is 2.20. The van der Waals surface area contributed by atoms with Crippen LogP contribution in [0.25, 0.3) is 11.2 Å². The summed E-state index contributed by atoms with van der Waals surface area (Å²) in [5.74, 6) is -7.60. The molecule has 412 valence electrons. The van der Waals surface area contributed by atoms with E-state index in [9.17, 15) is 63.9 Å². The molecule has 6 amide bonds. The molecule has 13 N–H and O–H groups in total. The van der Waals surface area contributed by atoms with Gasteiger partial charge in [-0.15, -0.1) is 0 Å². The molecule has 0 aliphatic rings. The number of hydroxylamine groups is 6. The quantitative estimate of drug-likeness (QED) is 0.0194. The fourth-order valence-electron chi connectivity index (χ4n) is 6.97. The largest absolute Gasteiger partial charge is 0.480 e. The third-order valence-corrected chi connectivity index (χ3v) is 11.4. The molecule has 29 heteroatoms. The Bertz CT molecular complexity index is 2450. The zero-order chi connectivity index (χ0) is 55.8. The number of carboxylic acid groups (broad SMARTS) is 1. The molecule has 3 rings (SSSR count). The molecule has 3 aromatic rings. The first kappa shape index (κ1) is 61.7. The van der Waals surface area contributed by atoms with E-state index in [0.29, 0.717) is 39.4 Å². The van der Waals surface area contributed by atoms with Crippen LogP contribution in [-0.2, 0) is 54.4 Å². The number of nitrogens with one attached hydrogen (secondary N) is 3. The number of benzene rings is 1. The number of anilines is 3. The van der Waals surface area contributed by atoms with Crippen LogP contribution >= 0.6 is 0 Å². The van der Waals surface area contributed by atoms with E-state index in [1.807, 2.05) is 4.90 Å². The van der Waals surface area contributed by atoms with Crippen LogP contribution in [0.5, 0.6) is 0 Å². The van der Waals surface area contributed by atoms with Crippen LogP contribution in [0.2, 0.25) is 0 Å². The van der Waals surface area contributed by atoms with Gasteiger partial charge in [-0.25, -0.2) is 30.0 Å². The molecule has 0 unspecified atom stereocenters. The molecule has 4 atom stereocenters. The molecule has 29 nitrogen and oxygen atoms in total. The molecule has 0 radical (unpaired) electrons. The van der Waals surface area contributed by atoms with Crippen molar-refractivity contribution in [3.63, 3.8) is 0 Å². The molecule has 0 aliphatic heterocycles. The number of ketones is 2. The minimum atomic E-state index is -1.37. The van der Waals surface area contributed by atoms with Gasteiger partial charge in [0.2, 0.25) is 35.5 Å². The Labute approximate surface area is 431 Å². The van der Waals surface area contributed by atoms with E-state index in [0.717, 1.165) is 26.5 Å². The number of nitrogens with two attached hydrogens (primary N) is 3. The van der Waals surface area contributed by atoms with Crippen molar-refractivity contribution >= 4 is 81.6 Å². The number of aromatic nitrogens is 4. The first-order valence-corrected chi connectivity index (χ1v) is 23.8. The number of carbonyl (C=O) groups is 9. The van der Waals surface area contributed by atoms with Crippen molar-refractivity contribution in [2.24, 2.45) is 11.7 Å². The number of fused-ring (bicyclic) bond motifs is 1. The minimum Gasteiger partial charge on any atom is -0.480 e. The van der Waals surface area contributed by atoms with Gasteiger partial charge < -0.3 is 52.6 Å². The van der Waals surface area contributed by atoms with Crippen molar-refractivity contribution in [3.05, 3.63) is 41.7 Å². The van der Waals surface area contributed by atoms with Crippen molar-refractivity contribution < 1.29 is 73.4 Å². The van der Waals surface area contributed by atoms with E-state index in [1.165, 1.54) is 18.3 Å². The van der Waals surface area contributed by atoms with Crippen LogP contribution in [0.3, 0.4) is 0 Å². The standard InChI is InChI=1S/C46H68N14O15/c1-27(61)58(71)17-13-31(24-38(65)36(15-19-60(73)29(3)63)53-44(68)35(47)14-18-59(72)28(2)62)42(66)50-16-21-75-23-22-74-20-5-6-34(64)11-12-37(45(69)70)54-43(67)30-7-9-33(10-8-30)57(4)26-32-25-51-41-39(52-32)40(48)55-46(49)56-41/h7-10,25,31,35-37,71-73H,5-6,11-24,26,47H2,1-4H3,(H,50,66)(H,53,68)(H,54,67)(H,69,70)(H4,48,49,51,55,56)/t31-,35+,36+,37+/m1/s1. The summed E-state index contributed by atoms with van der Waals surface area (Å²) in [5, 5.41) is 47.9. The summed E-state index contributed by atoms with van der Waals surface area (Å²) in [7, 11) is 1.80. The second kappa shape index (κ2) is 31.2. The molecule has 75 heavy (non-hydrogen) atoms. The molecule has 0 saturated heterocycles. The predicted molar refractivity (Wildman–Crippen MR) is 264 cm³/mol. The zero-order valence-corrected chi connectivity index (χ0v) is 42.3. The van der Waals surface area contributed by atoms with Crippen LogP contribution in [0, 0.1) is 5.92 Å². The molecular formula is C46H68N14O15. The molecule has 0 spiro atoms. The number of carboxylic acids is 1. The molecule has 0 saturated carbocycles. The summed E-state index contributed by atoms with van der Waals surface area (Å²) < 4.78 is 11.0. The summed E-state index contributed by atoms with van der Waals surface area (Å²) in [6.45, 7) is 2.94. The average Bonchev–Trinajstić information content (AvgIpc) is 3.36. The Morgan fingerprint density at radius 1 is 0.707 bits per heavy atom. The van der Waals surface area contributed by atoms with E-state index in [4.69, 9.17) is 26.7 Å². The first-order valence-electron chi connectivity index (χ1n) is 23.8. The summed E-state index contributed by atoms with van der Waals surface area (Å²) in [6, 6.07) is 2.46. The maximum absolute atomic E-state index is 13.6. The fourth-order valence-corrected chi connectivity index (χ4v) is 6.97. The summed E-state index contributed by atoms with van der Waals surface area (Å²) in [6.07, 6.45) is 0.531. The van der Waals surface area contributed by atoms with Gasteiger partial charge in [0, 0.05) is 83.9 Å². The van der Waals surface area contributed by atoms with Gasteiger partial charge in [-0.1, -0.05) is 0 Å². The lowest BCUT2D eigenvalue weighted by Gasteiger charge is -2.25. The molecule has 1 aromatic carbocycles. The fraction of sp³-hybridized carbons (Fsp3) is 0.543. The molecule has 0 bridgehead atoms. The Morgan fingerprint density at radius 2 is 1.31 bits per heavy atom. The number of Topliss-reactive ketones (excluding diaryl/α,β-unsaturated/α-hetero) is 2. The lowest BCUT2D eigenvalue weighted by molar-refractivity contribution is -0.164. The molecular weight excluding hydrogens is 989 g/mol. The number of aliphatic carboxylic acids is 1. The second-order valence-electron chi connectivity index (χ2n) is 17.3. The predicted octanol–water partition coefficient (Wildman–Crippen LogP) is -1.05. The summed E-state index contributed by atoms with van der Waals surface area (Å²) >= 11 is 0. The van der Waals surface area contributed by atoms with Gasteiger partial charge in [-0.3, -0.25) is 54.0 Å². The molecule has 0 aliphatic carbocycles.